The second-order valence-electron chi connectivity index (χ2n) is 13.8. The molecule has 9 aromatic carbocycles. The third-order valence-electron chi connectivity index (χ3n) is 10.7. The summed E-state index contributed by atoms with van der Waals surface area (Å²) >= 11 is 0. The lowest BCUT2D eigenvalue weighted by Gasteiger charge is -2.26. The molecule has 0 radical (unpaired) electrons. The number of rotatable bonds is 5. The highest BCUT2D eigenvalue weighted by Gasteiger charge is 2.18. The number of benzene rings is 9. The summed E-state index contributed by atoms with van der Waals surface area (Å²) < 4.78 is 9.02. The Kier molecular flexibility index (Phi) is 6.55. The molecule has 0 unspecified atom stereocenters. The summed E-state index contributed by atoms with van der Waals surface area (Å²) in [5, 5.41) is 9.54. The fraction of sp³-hybridized carbons (Fsp3) is 0. The van der Waals surface area contributed by atoms with E-state index in [1.54, 1.807) is 0 Å². The minimum absolute atomic E-state index is 0.883. The second-order valence-corrected chi connectivity index (χ2v) is 13.8. The molecule has 0 saturated carbocycles. The number of para-hydroxylation sites is 3. The summed E-state index contributed by atoms with van der Waals surface area (Å²) in [5.41, 5.74) is 10.9. The maximum atomic E-state index is 6.65. The van der Waals surface area contributed by atoms with E-state index in [4.69, 9.17) is 4.42 Å². The van der Waals surface area contributed by atoms with E-state index in [-0.39, 0.29) is 0 Å². The zero-order valence-electron chi connectivity index (χ0n) is 28.8. The molecular weight excluding hydrogens is 645 g/mol. The summed E-state index contributed by atoms with van der Waals surface area (Å²) in [6.07, 6.45) is 0. The number of anilines is 3. The number of nitrogens with zero attached hydrogens (tertiary/aromatic N) is 2. The van der Waals surface area contributed by atoms with Crippen molar-refractivity contribution in [3.05, 3.63) is 194 Å². The van der Waals surface area contributed by atoms with E-state index in [1.165, 1.54) is 43.4 Å². The molecule has 0 atom stereocenters. The van der Waals surface area contributed by atoms with Crippen molar-refractivity contribution in [1.29, 1.82) is 0 Å². The van der Waals surface area contributed by atoms with Gasteiger partial charge in [0.15, 0.2) is 0 Å². The molecule has 0 aliphatic heterocycles. The summed E-state index contributed by atoms with van der Waals surface area (Å²) in [7, 11) is 0. The maximum absolute atomic E-state index is 6.65. The van der Waals surface area contributed by atoms with Crippen molar-refractivity contribution in [2.75, 3.05) is 4.90 Å². The molecule has 0 bridgehead atoms. The Balaban J connectivity index is 1.07. The number of hydrogen-bond acceptors (Lipinski definition) is 2. The minimum Gasteiger partial charge on any atom is -0.456 e. The van der Waals surface area contributed by atoms with Crippen molar-refractivity contribution in [3.8, 4) is 16.8 Å². The molecule has 248 valence electrons. The monoisotopic (exact) mass is 676 g/mol. The van der Waals surface area contributed by atoms with Gasteiger partial charge in [0.05, 0.1) is 11.0 Å². The second kappa shape index (κ2) is 11.7. The molecule has 11 rings (SSSR count). The molecule has 53 heavy (non-hydrogen) atoms. The van der Waals surface area contributed by atoms with Crippen molar-refractivity contribution in [2.24, 2.45) is 0 Å². The van der Waals surface area contributed by atoms with Crippen LogP contribution in [-0.2, 0) is 0 Å². The first-order valence-corrected chi connectivity index (χ1v) is 18.1. The Labute approximate surface area is 306 Å². The van der Waals surface area contributed by atoms with Crippen molar-refractivity contribution >= 4 is 82.4 Å². The van der Waals surface area contributed by atoms with Crippen LogP contribution in [0.1, 0.15) is 0 Å². The van der Waals surface area contributed by atoms with Gasteiger partial charge in [0.25, 0.3) is 0 Å². The van der Waals surface area contributed by atoms with Crippen LogP contribution in [0, 0.1) is 0 Å². The van der Waals surface area contributed by atoms with Gasteiger partial charge in [0.2, 0.25) is 0 Å². The molecule has 0 N–H and O–H groups in total. The zero-order chi connectivity index (χ0) is 34.9. The molecular formula is C50H32N2O. The first-order valence-electron chi connectivity index (χ1n) is 18.1. The molecule has 2 heterocycles. The lowest BCUT2D eigenvalue weighted by molar-refractivity contribution is 0.669. The van der Waals surface area contributed by atoms with Gasteiger partial charge in [-0.2, -0.15) is 0 Å². The highest BCUT2D eigenvalue weighted by molar-refractivity contribution is 6.20. The first-order chi connectivity index (χ1) is 26.3. The van der Waals surface area contributed by atoms with E-state index in [1.807, 2.05) is 0 Å². The predicted octanol–water partition coefficient (Wildman–Crippen LogP) is 14.1. The lowest BCUT2D eigenvalue weighted by atomic mass is 9.99. The lowest BCUT2D eigenvalue weighted by Crippen LogP contribution is -2.09. The SMILES string of the molecule is c1ccc(N(c2ccc3ccccc3c2)c2ccc3ccc4oc5cc(-c6ccc7c8ccccc8n(-c8ccccc8)c7c6)ccc5c4c3c2)cc1. The highest BCUT2D eigenvalue weighted by Crippen LogP contribution is 2.42. The number of aromatic nitrogens is 1. The van der Waals surface area contributed by atoms with Crippen LogP contribution in [0.25, 0.3) is 82.1 Å². The Hall–Kier alpha value is -7.10. The molecule has 0 spiro atoms. The van der Waals surface area contributed by atoms with Gasteiger partial charge in [0.1, 0.15) is 11.2 Å². The Morgan fingerprint density at radius 1 is 0.358 bits per heavy atom. The Morgan fingerprint density at radius 3 is 1.85 bits per heavy atom. The van der Waals surface area contributed by atoms with Gasteiger partial charge in [-0.15, -0.1) is 0 Å². The largest absolute Gasteiger partial charge is 0.456 e. The van der Waals surface area contributed by atoms with Crippen LogP contribution in [0.2, 0.25) is 0 Å². The smallest absolute Gasteiger partial charge is 0.136 e. The average Bonchev–Trinajstić information content (AvgIpc) is 3.77. The summed E-state index contributed by atoms with van der Waals surface area (Å²) in [6.45, 7) is 0. The van der Waals surface area contributed by atoms with Crippen molar-refractivity contribution in [3.63, 3.8) is 0 Å². The molecule has 0 aliphatic carbocycles. The van der Waals surface area contributed by atoms with E-state index in [0.717, 1.165) is 55.8 Å². The molecule has 0 aliphatic rings. The third-order valence-corrected chi connectivity index (χ3v) is 10.7. The predicted molar refractivity (Wildman–Crippen MR) is 223 cm³/mol. The van der Waals surface area contributed by atoms with Crippen molar-refractivity contribution in [1.82, 2.24) is 4.57 Å². The maximum Gasteiger partial charge on any atom is 0.136 e. The van der Waals surface area contributed by atoms with Crippen molar-refractivity contribution < 1.29 is 4.42 Å². The van der Waals surface area contributed by atoms with Crippen LogP contribution in [0.3, 0.4) is 0 Å². The Morgan fingerprint density at radius 2 is 1.00 bits per heavy atom. The van der Waals surface area contributed by atoms with Crippen molar-refractivity contribution in [2.45, 2.75) is 0 Å². The molecule has 3 heteroatoms. The fourth-order valence-electron chi connectivity index (χ4n) is 8.25. The average molecular weight is 677 g/mol. The molecule has 3 nitrogen and oxygen atoms in total. The van der Waals surface area contributed by atoms with Crippen LogP contribution in [0.15, 0.2) is 199 Å². The molecule has 0 saturated heterocycles. The van der Waals surface area contributed by atoms with Crippen LogP contribution in [0.5, 0.6) is 0 Å². The van der Waals surface area contributed by atoms with E-state index in [2.05, 4.69) is 204 Å². The standard InChI is InChI=1S/C50H32N2O/c1-3-13-38(14-4-1)51(40-24-19-33-11-7-8-12-35(33)29-40)41-25-20-34-23-28-48-50(45(34)32-41)44-27-22-37(31-49(44)53-48)36-21-26-43-42-17-9-10-18-46(42)52(47(43)30-36)39-15-5-2-6-16-39/h1-32H. The fourth-order valence-corrected chi connectivity index (χ4v) is 8.25. The number of furan rings is 1. The zero-order valence-corrected chi connectivity index (χ0v) is 28.8. The molecule has 11 aromatic rings. The van der Waals surface area contributed by atoms with Gasteiger partial charge < -0.3 is 13.9 Å². The van der Waals surface area contributed by atoms with Crippen LogP contribution in [-0.4, -0.2) is 4.57 Å². The normalized spacial score (nSPS) is 11.8. The third kappa shape index (κ3) is 4.75. The molecule has 0 amide bonds. The highest BCUT2D eigenvalue weighted by atomic mass is 16.3. The summed E-state index contributed by atoms with van der Waals surface area (Å²) in [4.78, 5) is 2.34. The van der Waals surface area contributed by atoms with E-state index < -0.39 is 0 Å². The van der Waals surface area contributed by atoms with E-state index >= 15 is 0 Å². The minimum atomic E-state index is 0.883. The van der Waals surface area contributed by atoms with E-state index in [9.17, 15) is 0 Å². The molecule has 0 fully saturated rings. The number of fused-ring (bicyclic) bond motifs is 9. The van der Waals surface area contributed by atoms with Gasteiger partial charge in [-0.05, 0) is 112 Å². The first kappa shape index (κ1) is 29.6. The van der Waals surface area contributed by atoms with Gasteiger partial charge >= 0.3 is 0 Å². The van der Waals surface area contributed by atoms with Gasteiger partial charge in [-0.3, -0.25) is 0 Å². The van der Waals surface area contributed by atoms with Crippen LogP contribution < -0.4 is 4.90 Å². The summed E-state index contributed by atoms with van der Waals surface area (Å²) in [5.74, 6) is 0. The van der Waals surface area contributed by atoms with Gasteiger partial charge in [-0.1, -0.05) is 115 Å². The van der Waals surface area contributed by atoms with Gasteiger partial charge in [0, 0.05) is 44.3 Å². The van der Waals surface area contributed by atoms with E-state index in [0.29, 0.717) is 0 Å². The molecule has 2 aromatic heterocycles. The topological polar surface area (TPSA) is 21.3 Å². The quantitative estimate of drug-likeness (QED) is 0.181. The Bertz CT molecular complexity index is 3170. The van der Waals surface area contributed by atoms with Gasteiger partial charge in [-0.25, -0.2) is 0 Å². The van der Waals surface area contributed by atoms with Crippen LogP contribution >= 0.6 is 0 Å². The number of hydrogen-bond donors (Lipinski definition) is 0. The van der Waals surface area contributed by atoms with Crippen LogP contribution in [0.4, 0.5) is 17.1 Å². The summed E-state index contributed by atoms with van der Waals surface area (Å²) in [6, 6.07) is 69.7.